The van der Waals surface area contributed by atoms with E-state index in [-0.39, 0.29) is 5.91 Å². The molecule has 4 heterocycles. The zero-order valence-corrected chi connectivity index (χ0v) is 14.0. The van der Waals surface area contributed by atoms with E-state index in [4.69, 9.17) is 0 Å². The summed E-state index contributed by atoms with van der Waals surface area (Å²) in [6, 6.07) is 4.73. The number of piperazine rings is 1. The smallest absolute Gasteiger partial charge is 0.273 e. The van der Waals surface area contributed by atoms with Gasteiger partial charge in [0.1, 0.15) is 5.69 Å². The average molecular weight is 328 g/mol. The van der Waals surface area contributed by atoms with Crippen LogP contribution in [0.3, 0.4) is 0 Å². The number of hydrogen-bond acceptors (Lipinski definition) is 5. The minimum absolute atomic E-state index is 0.114. The van der Waals surface area contributed by atoms with E-state index in [0.717, 1.165) is 37.5 Å². The molecule has 2 aliphatic rings. The highest BCUT2D eigenvalue weighted by Gasteiger charge is 2.43. The van der Waals surface area contributed by atoms with Gasteiger partial charge in [-0.25, -0.2) is 4.98 Å². The number of carbonyl (C=O) groups is 1. The lowest BCUT2D eigenvalue weighted by molar-refractivity contribution is 0.0400. The molecule has 6 heteroatoms. The molecule has 4 rings (SSSR count). The molecule has 5 nitrogen and oxygen atoms in total. The first kappa shape index (κ1) is 14.8. The Labute approximate surface area is 140 Å². The standard InChI is InChI=1S/C17H20N4OS/c1-12-19-16(11-23-12)17(22)21-14-4-5-15(21)10-20(9-14)8-13-3-2-6-18-7-13/h2-3,6-7,11,14-15H,4-5,8-10H2,1H3. The predicted octanol–water partition coefficient (Wildman–Crippen LogP) is 2.34. The highest BCUT2D eigenvalue weighted by atomic mass is 32.1. The molecule has 2 bridgehead atoms. The molecule has 2 unspecified atom stereocenters. The van der Waals surface area contributed by atoms with Gasteiger partial charge in [0.25, 0.3) is 5.91 Å². The van der Waals surface area contributed by atoms with Crippen LogP contribution < -0.4 is 0 Å². The van der Waals surface area contributed by atoms with E-state index in [0.29, 0.717) is 17.8 Å². The molecule has 120 valence electrons. The average Bonchev–Trinajstić information content (AvgIpc) is 3.10. The third-order valence-electron chi connectivity index (χ3n) is 4.76. The number of pyridine rings is 1. The monoisotopic (exact) mass is 328 g/mol. The van der Waals surface area contributed by atoms with Gasteiger partial charge in [0.05, 0.1) is 5.01 Å². The van der Waals surface area contributed by atoms with Crippen LogP contribution in [0.2, 0.25) is 0 Å². The first-order chi connectivity index (χ1) is 11.2. The molecule has 2 aromatic rings. The van der Waals surface area contributed by atoms with Crippen LogP contribution in [0.25, 0.3) is 0 Å². The van der Waals surface area contributed by atoms with E-state index in [1.165, 1.54) is 5.56 Å². The summed E-state index contributed by atoms with van der Waals surface area (Å²) in [7, 11) is 0. The van der Waals surface area contributed by atoms with E-state index in [9.17, 15) is 4.79 Å². The molecule has 1 amide bonds. The van der Waals surface area contributed by atoms with E-state index in [1.54, 1.807) is 17.5 Å². The van der Waals surface area contributed by atoms with Gasteiger partial charge in [-0.3, -0.25) is 14.7 Å². The van der Waals surface area contributed by atoms with Crippen molar-refractivity contribution in [3.8, 4) is 0 Å². The molecule has 0 N–H and O–H groups in total. The van der Waals surface area contributed by atoms with E-state index >= 15 is 0 Å². The number of rotatable bonds is 3. The number of hydrogen-bond donors (Lipinski definition) is 0. The van der Waals surface area contributed by atoms with Gasteiger partial charge in [0.15, 0.2) is 0 Å². The van der Waals surface area contributed by atoms with Crippen LogP contribution in [-0.4, -0.2) is 50.8 Å². The quantitative estimate of drug-likeness (QED) is 0.868. The first-order valence-corrected chi connectivity index (χ1v) is 8.95. The number of amides is 1. The van der Waals surface area contributed by atoms with Crippen molar-refractivity contribution < 1.29 is 4.79 Å². The summed E-state index contributed by atoms with van der Waals surface area (Å²) in [6.07, 6.45) is 5.93. The molecule has 2 atom stereocenters. The van der Waals surface area contributed by atoms with Crippen molar-refractivity contribution in [2.45, 2.75) is 38.4 Å². The maximum Gasteiger partial charge on any atom is 0.273 e. The Balaban J connectivity index is 1.47. The fraction of sp³-hybridized carbons (Fsp3) is 0.471. The molecule has 2 saturated heterocycles. The summed E-state index contributed by atoms with van der Waals surface area (Å²) in [5.41, 5.74) is 1.85. The zero-order chi connectivity index (χ0) is 15.8. The molecule has 2 aliphatic heterocycles. The maximum absolute atomic E-state index is 12.8. The van der Waals surface area contributed by atoms with Gasteiger partial charge in [0, 0.05) is 49.5 Å². The summed E-state index contributed by atoms with van der Waals surface area (Å²) < 4.78 is 0. The van der Waals surface area contributed by atoms with Crippen molar-refractivity contribution in [2.24, 2.45) is 0 Å². The molecule has 23 heavy (non-hydrogen) atoms. The van der Waals surface area contributed by atoms with Crippen molar-refractivity contribution in [1.82, 2.24) is 19.8 Å². The minimum Gasteiger partial charge on any atom is -0.329 e. The number of aromatic nitrogens is 2. The molecule has 0 aliphatic carbocycles. The molecule has 0 spiro atoms. The fourth-order valence-electron chi connectivity index (χ4n) is 3.79. The normalized spacial score (nSPS) is 24.1. The van der Waals surface area contributed by atoms with Crippen LogP contribution in [0.1, 0.15) is 33.9 Å². The lowest BCUT2D eigenvalue weighted by Crippen LogP contribution is -2.55. The van der Waals surface area contributed by atoms with Gasteiger partial charge in [-0.2, -0.15) is 0 Å². The summed E-state index contributed by atoms with van der Waals surface area (Å²) in [5, 5.41) is 2.84. The third kappa shape index (κ3) is 2.88. The third-order valence-corrected chi connectivity index (χ3v) is 5.53. The topological polar surface area (TPSA) is 49.3 Å². The zero-order valence-electron chi connectivity index (χ0n) is 13.2. The summed E-state index contributed by atoms with van der Waals surface area (Å²) in [6.45, 7) is 4.75. The van der Waals surface area contributed by atoms with E-state index in [2.05, 4.69) is 25.8 Å². The molecular formula is C17H20N4OS. The number of thiazole rings is 1. The molecule has 2 aromatic heterocycles. The maximum atomic E-state index is 12.8. The summed E-state index contributed by atoms with van der Waals surface area (Å²) >= 11 is 1.55. The highest BCUT2D eigenvalue weighted by Crippen LogP contribution is 2.32. The number of fused-ring (bicyclic) bond motifs is 2. The number of aryl methyl sites for hydroxylation is 1. The minimum atomic E-state index is 0.114. The van der Waals surface area contributed by atoms with Crippen molar-refractivity contribution in [1.29, 1.82) is 0 Å². The van der Waals surface area contributed by atoms with Gasteiger partial charge in [-0.15, -0.1) is 11.3 Å². The summed E-state index contributed by atoms with van der Waals surface area (Å²) in [5.74, 6) is 0.114. The van der Waals surface area contributed by atoms with E-state index < -0.39 is 0 Å². The van der Waals surface area contributed by atoms with Crippen molar-refractivity contribution >= 4 is 17.2 Å². The van der Waals surface area contributed by atoms with Crippen LogP contribution in [0.5, 0.6) is 0 Å². The fourth-order valence-corrected chi connectivity index (χ4v) is 4.38. The van der Waals surface area contributed by atoms with Gasteiger partial charge in [-0.1, -0.05) is 6.07 Å². The SMILES string of the molecule is Cc1nc(C(=O)N2C3CCC2CN(Cc2cccnc2)C3)cs1. The van der Waals surface area contributed by atoms with Crippen LogP contribution in [0, 0.1) is 6.92 Å². The highest BCUT2D eigenvalue weighted by molar-refractivity contribution is 7.09. The predicted molar refractivity (Wildman–Crippen MR) is 89.3 cm³/mol. The Bertz CT molecular complexity index is 688. The largest absolute Gasteiger partial charge is 0.329 e. The molecule has 2 fully saturated rings. The second kappa shape index (κ2) is 6.02. The van der Waals surface area contributed by atoms with Gasteiger partial charge < -0.3 is 4.90 Å². The Morgan fingerprint density at radius 3 is 2.74 bits per heavy atom. The second-order valence-electron chi connectivity index (χ2n) is 6.40. The van der Waals surface area contributed by atoms with Gasteiger partial charge in [-0.05, 0) is 31.4 Å². The van der Waals surface area contributed by atoms with Gasteiger partial charge in [0.2, 0.25) is 0 Å². The Hall–Kier alpha value is -1.79. The molecule has 0 radical (unpaired) electrons. The van der Waals surface area contributed by atoms with E-state index in [1.807, 2.05) is 24.6 Å². The van der Waals surface area contributed by atoms with Crippen molar-refractivity contribution in [3.63, 3.8) is 0 Å². The van der Waals surface area contributed by atoms with Crippen molar-refractivity contribution in [2.75, 3.05) is 13.1 Å². The summed E-state index contributed by atoms with van der Waals surface area (Å²) in [4.78, 5) is 25.9. The Morgan fingerprint density at radius 2 is 2.13 bits per heavy atom. The van der Waals surface area contributed by atoms with Crippen LogP contribution in [-0.2, 0) is 6.54 Å². The van der Waals surface area contributed by atoms with Crippen LogP contribution in [0.4, 0.5) is 0 Å². The second-order valence-corrected chi connectivity index (χ2v) is 7.47. The number of likely N-dealkylation sites (tertiary alicyclic amines) is 1. The lowest BCUT2D eigenvalue weighted by Gasteiger charge is -2.40. The van der Waals surface area contributed by atoms with Crippen LogP contribution in [0.15, 0.2) is 29.9 Å². The van der Waals surface area contributed by atoms with Crippen LogP contribution >= 0.6 is 11.3 Å². The molecule has 0 saturated carbocycles. The van der Waals surface area contributed by atoms with Gasteiger partial charge >= 0.3 is 0 Å². The number of nitrogens with zero attached hydrogens (tertiary/aromatic N) is 4. The van der Waals surface area contributed by atoms with Crippen molar-refractivity contribution in [3.05, 3.63) is 46.2 Å². The lowest BCUT2D eigenvalue weighted by atomic mass is 10.1. The first-order valence-electron chi connectivity index (χ1n) is 8.07. The molecule has 0 aromatic carbocycles. The molecular weight excluding hydrogens is 308 g/mol. The Morgan fingerprint density at radius 1 is 1.35 bits per heavy atom. The number of carbonyl (C=O) groups excluding carboxylic acids is 1. The Kier molecular flexibility index (Phi) is 3.87.